The molecular weight excluding hydrogens is 308 g/mol. The van der Waals surface area contributed by atoms with E-state index in [1.54, 1.807) is 23.9 Å². The summed E-state index contributed by atoms with van der Waals surface area (Å²) < 4.78 is 6.52. The lowest BCUT2D eigenvalue weighted by atomic mass is 10.3. The number of esters is 1. The second-order valence-electron chi connectivity index (χ2n) is 5.54. The predicted octanol–water partition coefficient (Wildman–Crippen LogP) is 2.68. The third-order valence-electron chi connectivity index (χ3n) is 3.85. The van der Waals surface area contributed by atoms with Crippen molar-refractivity contribution in [1.29, 1.82) is 0 Å². The van der Waals surface area contributed by atoms with E-state index in [1.807, 2.05) is 29.2 Å². The van der Waals surface area contributed by atoms with Gasteiger partial charge in [0.1, 0.15) is 0 Å². The summed E-state index contributed by atoms with van der Waals surface area (Å²) in [4.78, 5) is 25.5. The van der Waals surface area contributed by atoms with E-state index in [-0.39, 0.29) is 11.7 Å². The highest BCUT2D eigenvalue weighted by Crippen LogP contribution is 2.15. The fourth-order valence-corrected chi connectivity index (χ4v) is 2.60. The molecule has 1 aromatic carbocycles. The Hall–Kier alpha value is -2.83. The van der Waals surface area contributed by atoms with Crippen LogP contribution < -0.4 is 5.32 Å². The molecule has 1 saturated heterocycles. The number of anilines is 1. The monoisotopic (exact) mass is 328 g/mol. The van der Waals surface area contributed by atoms with Crippen molar-refractivity contribution in [1.82, 2.24) is 14.7 Å². The second-order valence-corrected chi connectivity index (χ2v) is 5.54. The zero-order valence-electron chi connectivity index (χ0n) is 13.6. The molecule has 1 fully saturated rings. The summed E-state index contributed by atoms with van der Waals surface area (Å²) in [5.41, 5.74) is 1.79. The molecular formula is C17H20N4O3. The van der Waals surface area contributed by atoms with Crippen LogP contribution in [0, 0.1) is 0 Å². The predicted molar refractivity (Wildman–Crippen MR) is 89.3 cm³/mol. The van der Waals surface area contributed by atoms with Crippen LogP contribution in [0.4, 0.5) is 10.5 Å². The molecule has 1 N–H and O–H groups in total. The van der Waals surface area contributed by atoms with Crippen molar-refractivity contribution in [2.75, 3.05) is 25.0 Å². The van der Waals surface area contributed by atoms with Crippen molar-refractivity contribution >= 4 is 17.7 Å². The maximum absolute atomic E-state index is 12.1. The van der Waals surface area contributed by atoms with Crippen LogP contribution in [-0.4, -0.2) is 46.4 Å². The number of urea groups is 1. The second kappa shape index (κ2) is 7.16. The number of likely N-dealkylation sites (tertiary alicyclic amines) is 1. The SMILES string of the molecule is CCOC(=O)c1ccn(-c2ccc(NC(=O)N3CCCC3)cc2)n1. The Morgan fingerprint density at radius 3 is 2.54 bits per heavy atom. The van der Waals surface area contributed by atoms with Gasteiger partial charge in [-0.15, -0.1) is 0 Å². The van der Waals surface area contributed by atoms with E-state index in [1.165, 1.54) is 0 Å². The molecule has 1 aromatic heterocycles. The van der Waals surface area contributed by atoms with Gasteiger partial charge in [-0.2, -0.15) is 5.10 Å². The molecule has 2 aromatic rings. The lowest BCUT2D eigenvalue weighted by molar-refractivity contribution is 0.0519. The van der Waals surface area contributed by atoms with Gasteiger partial charge in [-0.3, -0.25) is 0 Å². The third kappa shape index (κ3) is 3.56. The van der Waals surface area contributed by atoms with E-state index >= 15 is 0 Å². The van der Waals surface area contributed by atoms with Crippen LogP contribution >= 0.6 is 0 Å². The van der Waals surface area contributed by atoms with Crippen molar-refractivity contribution in [3.05, 3.63) is 42.2 Å². The highest BCUT2D eigenvalue weighted by atomic mass is 16.5. The minimum atomic E-state index is -0.439. The number of aromatic nitrogens is 2. The molecule has 0 unspecified atom stereocenters. The minimum absolute atomic E-state index is 0.0658. The van der Waals surface area contributed by atoms with E-state index in [4.69, 9.17) is 4.74 Å². The summed E-state index contributed by atoms with van der Waals surface area (Å²) in [5.74, 6) is -0.439. The lowest BCUT2D eigenvalue weighted by Crippen LogP contribution is -2.32. The maximum atomic E-state index is 12.1. The largest absolute Gasteiger partial charge is 0.461 e. The van der Waals surface area contributed by atoms with Crippen LogP contribution in [0.5, 0.6) is 0 Å². The number of rotatable bonds is 4. The summed E-state index contributed by atoms with van der Waals surface area (Å²) in [7, 11) is 0. The normalized spacial score (nSPS) is 13.8. The molecule has 0 radical (unpaired) electrons. The van der Waals surface area contributed by atoms with Gasteiger partial charge in [-0.25, -0.2) is 14.3 Å². The Balaban J connectivity index is 1.66. The number of amides is 2. The van der Waals surface area contributed by atoms with Crippen LogP contribution in [0.1, 0.15) is 30.3 Å². The van der Waals surface area contributed by atoms with Gasteiger partial charge in [0.25, 0.3) is 0 Å². The van der Waals surface area contributed by atoms with Gasteiger partial charge < -0.3 is 15.0 Å². The van der Waals surface area contributed by atoms with Gasteiger partial charge in [-0.1, -0.05) is 0 Å². The number of ether oxygens (including phenoxy) is 1. The van der Waals surface area contributed by atoms with E-state index in [0.29, 0.717) is 6.61 Å². The Bertz CT molecular complexity index is 718. The van der Waals surface area contributed by atoms with Crippen molar-refractivity contribution in [3.8, 4) is 5.69 Å². The van der Waals surface area contributed by atoms with E-state index < -0.39 is 5.97 Å². The summed E-state index contributed by atoms with van der Waals surface area (Å²) in [6.07, 6.45) is 3.83. The molecule has 2 amide bonds. The number of carbonyl (C=O) groups excluding carboxylic acids is 2. The fraction of sp³-hybridized carbons (Fsp3) is 0.353. The molecule has 7 nitrogen and oxygen atoms in total. The first-order valence-corrected chi connectivity index (χ1v) is 8.06. The molecule has 0 spiro atoms. The van der Waals surface area contributed by atoms with Crippen LogP contribution in [0.3, 0.4) is 0 Å². The Morgan fingerprint density at radius 2 is 1.88 bits per heavy atom. The Labute approximate surface area is 140 Å². The molecule has 3 rings (SSSR count). The van der Waals surface area contributed by atoms with Crippen molar-refractivity contribution in [3.63, 3.8) is 0 Å². The Morgan fingerprint density at radius 1 is 1.17 bits per heavy atom. The van der Waals surface area contributed by atoms with Crippen LogP contribution in [0.15, 0.2) is 36.5 Å². The summed E-state index contributed by atoms with van der Waals surface area (Å²) in [5, 5.41) is 7.09. The van der Waals surface area contributed by atoms with Crippen molar-refractivity contribution < 1.29 is 14.3 Å². The average molecular weight is 328 g/mol. The molecule has 1 aliphatic heterocycles. The van der Waals surface area contributed by atoms with Gasteiger partial charge >= 0.3 is 12.0 Å². The fourth-order valence-electron chi connectivity index (χ4n) is 2.60. The molecule has 126 valence electrons. The highest BCUT2D eigenvalue weighted by Gasteiger charge is 2.17. The number of nitrogens with one attached hydrogen (secondary N) is 1. The third-order valence-corrected chi connectivity index (χ3v) is 3.85. The number of nitrogens with zero attached hydrogens (tertiary/aromatic N) is 3. The van der Waals surface area contributed by atoms with E-state index in [9.17, 15) is 9.59 Å². The molecule has 0 atom stereocenters. The van der Waals surface area contributed by atoms with Gasteiger partial charge in [0, 0.05) is 25.0 Å². The first-order chi connectivity index (χ1) is 11.7. The van der Waals surface area contributed by atoms with E-state index in [2.05, 4.69) is 10.4 Å². The summed E-state index contributed by atoms with van der Waals surface area (Å²) in [6, 6.07) is 8.85. The molecule has 0 aliphatic carbocycles. The van der Waals surface area contributed by atoms with Gasteiger partial charge in [0.05, 0.1) is 12.3 Å². The minimum Gasteiger partial charge on any atom is -0.461 e. The number of benzene rings is 1. The number of carbonyl (C=O) groups is 2. The first kappa shape index (κ1) is 16.0. The Kier molecular flexibility index (Phi) is 4.79. The molecule has 24 heavy (non-hydrogen) atoms. The molecule has 7 heteroatoms. The first-order valence-electron chi connectivity index (χ1n) is 8.06. The topological polar surface area (TPSA) is 76.5 Å². The molecule has 1 aliphatic rings. The standard InChI is InChI=1S/C17H20N4O3/c1-2-24-16(22)15-9-12-21(19-15)14-7-5-13(6-8-14)18-17(23)20-10-3-4-11-20/h5-9,12H,2-4,10-11H2,1H3,(H,18,23). The molecule has 2 heterocycles. The quantitative estimate of drug-likeness (QED) is 0.876. The van der Waals surface area contributed by atoms with Crippen LogP contribution in [0.25, 0.3) is 5.69 Å². The highest BCUT2D eigenvalue weighted by molar-refractivity contribution is 5.89. The summed E-state index contributed by atoms with van der Waals surface area (Å²) >= 11 is 0. The van der Waals surface area contributed by atoms with Gasteiger partial charge in [0.2, 0.25) is 0 Å². The zero-order valence-corrected chi connectivity index (χ0v) is 13.6. The van der Waals surface area contributed by atoms with Crippen molar-refractivity contribution in [2.45, 2.75) is 19.8 Å². The van der Waals surface area contributed by atoms with Gasteiger partial charge in [-0.05, 0) is 50.1 Å². The molecule has 0 bridgehead atoms. The smallest absolute Gasteiger partial charge is 0.358 e. The maximum Gasteiger partial charge on any atom is 0.358 e. The van der Waals surface area contributed by atoms with Crippen LogP contribution in [0.2, 0.25) is 0 Å². The van der Waals surface area contributed by atoms with E-state index in [0.717, 1.165) is 37.3 Å². The average Bonchev–Trinajstić information content (AvgIpc) is 3.28. The summed E-state index contributed by atoms with van der Waals surface area (Å²) in [6.45, 7) is 3.70. The van der Waals surface area contributed by atoms with Crippen LogP contribution in [-0.2, 0) is 4.74 Å². The zero-order chi connectivity index (χ0) is 16.9. The number of hydrogen-bond acceptors (Lipinski definition) is 4. The molecule has 0 saturated carbocycles. The lowest BCUT2D eigenvalue weighted by Gasteiger charge is -2.16. The van der Waals surface area contributed by atoms with Crippen molar-refractivity contribution in [2.24, 2.45) is 0 Å². The number of hydrogen-bond donors (Lipinski definition) is 1. The van der Waals surface area contributed by atoms with Gasteiger partial charge in [0.15, 0.2) is 5.69 Å².